The highest BCUT2D eigenvalue weighted by atomic mass is 28.4. The zero-order valence-electron chi connectivity index (χ0n) is 17.7. The van der Waals surface area contributed by atoms with E-state index in [0.29, 0.717) is 5.04 Å². The largest absolute Gasteiger partial charge is 0.417 e. The van der Waals surface area contributed by atoms with Crippen molar-refractivity contribution in [2.24, 2.45) is 0 Å². The van der Waals surface area contributed by atoms with Crippen LogP contribution in [0.5, 0.6) is 0 Å². The molecule has 1 aromatic heterocycles. The predicted octanol–water partition coefficient (Wildman–Crippen LogP) is 7.38. The third-order valence-electron chi connectivity index (χ3n) is 6.23. The minimum absolute atomic E-state index is 0.309. The van der Waals surface area contributed by atoms with Gasteiger partial charge in [0.2, 0.25) is 0 Å². The third kappa shape index (κ3) is 4.47. The maximum absolute atomic E-state index is 6.30. The first-order valence-electron chi connectivity index (χ1n) is 10.4. The van der Waals surface area contributed by atoms with Crippen molar-refractivity contribution in [3.63, 3.8) is 0 Å². The SMILES string of the molecule is CC(C)(C)[Si](C)(C)OCCCCCCn1c2ccccc2c2ccccc21. The average molecular weight is 382 g/mol. The summed E-state index contributed by atoms with van der Waals surface area (Å²) in [5.41, 5.74) is 2.72. The van der Waals surface area contributed by atoms with E-state index in [-0.39, 0.29) is 0 Å². The van der Waals surface area contributed by atoms with Crippen LogP contribution in [0.2, 0.25) is 18.1 Å². The molecule has 0 amide bonds. The van der Waals surface area contributed by atoms with Crippen molar-refractivity contribution in [1.29, 1.82) is 0 Å². The lowest BCUT2D eigenvalue weighted by Crippen LogP contribution is -2.40. The molecule has 0 aliphatic heterocycles. The summed E-state index contributed by atoms with van der Waals surface area (Å²) in [6, 6.07) is 17.6. The van der Waals surface area contributed by atoms with Gasteiger partial charge in [0.15, 0.2) is 8.32 Å². The lowest BCUT2D eigenvalue weighted by molar-refractivity contribution is 0.277. The molecule has 2 aromatic carbocycles. The number of aryl methyl sites for hydroxylation is 1. The van der Waals surface area contributed by atoms with Crippen molar-refractivity contribution in [2.75, 3.05) is 6.61 Å². The first kappa shape index (κ1) is 20.2. The molecule has 0 fully saturated rings. The molecule has 0 atom stereocenters. The monoisotopic (exact) mass is 381 g/mol. The Balaban J connectivity index is 1.51. The molecule has 146 valence electrons. The van der Waals surface area contributed by atoms with Gasteiger partial charge >= 0.3 is 0 Å². The van der Waals surface area contributed by atoms with Crippen LogP contribution >= 0.6 is 0 Å². The summed E-state index contributed by atoms with van der Waals surface area (Å²) < 4.78 is 8.79. The average Bonchev–Trinajstić information content (AvgIpc) is 2.94. The van der Waals surface area contributed by atoms with E-state index in [1.807, 2.05) is 0 Å². The van der Waals surface area contributed by atoms with Crippen molar-refractivity contribution < 1.29 is 4.43 Å². The summed E-state index contributed by atoms with van der Waals surface area (Å²) in [6.45, 7) is 13.6. The molecule has 0 N–H and O–H groups in total. The van der Waals surface area contributed by atoms with E-state index in [1.54, 1.807) is 0 Å². The van der Waals surface area contributed by atoms with Crippen molar-refractivity contribution >= 4 is 30.1 Å². The Labute approximate surface area is 165 Å². The molecule has 1 heterocycles. The number of nitrogens with zero attached hydrogens (tertiary/aromatic N) is 1. The topological polar surface area (TPSA) is 14.2 Å². The molecule has 0 spiro atoms. The number of hydrogen-bond acceptors (Lipinski definition) is 1. The molecular weight excluding hydrogens is 346 g/mol. The molecular formula is C24H35NOSi. The number of fused-ring (bicyclic) bond motifs is 3. The summed E-state index contributed by atoms with van der Waals surface area (Å²) >= 11 is 0. The number of rotatable bonds is 8. The highest BCUT2D eigenvalue weighted by Gasteiger charge is 2.36. The van der Waals surface area contributed by atoms with Gasteiger partial charge in [-0.2, -0.15) is 0 Å². The number of benzene rings is 2. The maximum Gasteiger partial charge on any atom is 0.191 e. The molecule has 0 aliphatic carbocycles. The Hall–Kier alpha value is -1.58. The fraction of sp³-hybridized carbons (Fsp3) is 0.500. The van der Waals surface area contributed by atoms with Gasteiger partial charge in [-0.15, -0.1) is 0 Å². The number of para-hydroxylation sites is 2. The second-order valence-electron chi connectivity index (χ2n) is 9.21. The minimum Gasteiger partial charge on any atom is -0.417 e. The lowest BCUT2D eigenvalue weighted by Gasteiger charge is -2.36. The van der Waals surface area contributed by atoms with Crippen LogP contribution in [0.3, 0.4) is 0 Å². The number of hydrogen-bond donors (Lipinski definition) is 0. The minimum atomic E-state index is -1.58. The molecule has 3 rings (SSSR count). The van der Waals surface area contributed by atoms with E-state index in [1.165, 1.54) is 47.5 Å². The summed E-state index contributed by atoms with van der Waals surface area (Å²) in [6.07, 6.45) is 4.93. The van der Waals surface area contributed by atoms with Gasteiger partial charge in [-0.25, -0.2) is 0 Å². The summed E-state index contributed by atoms with van der Waals surface area (Å²) in [5.74, 6) is 0. The highest BCUT2D eigenvalue weighted by molar-refractivity contribution is 6.74. The quantitative estimate of drug-likeness (QED) is 0.293. The van der Waals surface area contributed by atoms with Gasteiger partial charge in [0.1, 0.15) is 0 Å². The number of aromatic nitrogens is 1. The number of unbranched alkanes of at least 4 members (excludes halogenated alkanes) is 3. The molecule has 0 saturated carbocycles. The summed E-state index contributed by atoms with van der Waals surface area (Å²) in [7, 11) is -1.58. The second kappa shape index (κ2) is 8.20. The Morgan fingerprint density at radius 3 is 1.85 bits per heavy atom. The van der Waals surface area contributed by atoms with Crippen LogP contribution in [-0.4, -0.2) is 19.5 Å². The van der Waals surface area contributed by atoms with E-state index >= 15 is 0 Å². The lowest BCUT2D eigenvalue weighted by atomic mass is 10.2. The first-order chi connectivity index (χ1) is 12.8. The normalized spacial score (nSPS) is 12.9. The van der Waals surface area contributed by atoms with Gasteiger partial charge in [-0.3, -0.25) is 0 Å². The van der Waals surface area contributed by atoms with Crippen LogP contribution < -0.4 is 0 Å². The Morgan fingerprint density at radius 1 is 0.778 bits per heavy atom. The van der Waals surface area contributed by atoms with Crippen molar-refractivity contribution in [3.05, 3.63) is 48.5 Å². The van der Waals surface area contributed by atoms with Crippen LogP contribution in [0.4, 0.5) is 0 Å². The molecule has 0 saturated heterocycles. The van der Waals surface area contributed by atoms with Gasteiger partial charge in [-0.1, -0.05) is 70.0 Å². The van der Waals surface area contributed by atoms with Crippen LogP contribution in [0, 0.1) is 0 Å². The molecule has 0 radical (unpaired) electrons. The standard InChI is InChI=1S/C24H35NOSi/c1-24(2,3)27(4,5)26-19-13-7-6-12-18-25-22-16-10-8-14-20(22)21-15-9-11-17-23(21)25/h8-11,14-17H,6-7,12-13,18-19H2,1-5H3. The summed E-state index contributed by atoms with van der Waals surface area (Å²) in [4.78, 5) is 0. The zero-order valence-corrected chi connectivity index (χ0v) is 18.7. The van der Waals surface area contributed by atoms with Crippen molar-refractivity contribution in [1.82, 2.24) is 4.57 Å². The fourth-order valence-corrected chi connectivity index (χ4v) is 4.60. The van der Waals surface area contributed by atoms with Crippen molar-refractivity contribution in [3.8, 4) is 0 Å². The Morgan fingerprint density at radius 2 is 1.30 bits per heavy atom. The van der Waals surface area contributed by atoms with Crippen molar-refractivity contribution in [2.45, 2.75) is 71.1 Å². The van der Waals surface area contributed by atoms with Crippen LogP contribution in [0.15, 0.2) is 48.5 Å². The fourth-order valence-electron chi connectivity index (χ4n) is 3.51. The molecule has 3 heteroatoms. The van der Waals surface area contributed by atoms with E-state index in [4.69, 9.17) is 4.43 Å². The van der Waals surface area contributed by atoms with Gasteiger partial charge in [0.05, 0.1) is 0 Å². The predicted molar refractivity (Wildman–Crippen MR) is 121 cm³/mol. The summed E-state index contributed by atoms with van der Waals surface area (Å²) in [5, 5.41) is 3.05. The Bertz CT molecular complexity index is 835. The van der Waals surface area contributed by atoms with E-state index < -0.39 is 8.32 Å². The van der Waals surface area contributed by atoms with Gasteiger partial charge in [0, 0.05) is 35.0 Å². The van der Waals surface area contributed by atoms with Gasteiger partial charge in [0.25, 0.3) is 0 Å². The van der Waals surface area contributed by atoms with E-state index in [9.17, 15) is 0 Å². The first-order valence-corrected chi connectivity index (χ1v) is 13.3. The molecule has 0 bridgehead atoms. The van der Waals surface area contributed by atoms with E-state index in [2.05, 4.69) is 87.0 Å². The second-order valence-corrected chi connectivity index (χ2v) is 14.0. The van der Waals surface area contributed by atoms with Crippen LogP contribution in [0.1, 0.15) is 46.5 Å². The Kier molecular flexibility index (Phi) is 6.12. The molecule has 2 nitrogen and oxygen atoms in total. The molecule has 0 unspecified atom stereocenters. The van der Waals surface area contributed by atoms with Gasteiger partial charge < -0.3 is 8.99 Å². The van der Waals surface area contributed by atoms with E-state index in [0.717, 1.165) is 13.2 Å². The zero-order chi connectivity index (χ0) is 19.5. The smallest absolute Gasteiger partial charge is 0.191 e. The highest BCUT2D eigenvalue weighted by Crippen LogP contribution is 2.36. The van der Waals surface area contributed by atoms with Gasteiger partial charge in [-0.05, 0) is 43.1 Å². The maximum atomic E-state index is 6.30. The molecule has 27 heavy (non-hydrogen) atoms. The molecule has 3 aromatic rings. The molecule has 0 aliphatic rings. The van der Waals surface area contributed by atoms with Crippen LogP contribution in [0.25, 0.3) is 21.8 Å². The van der Waals surface area contributed by atoms with Crippen LogP contribution in [-0.2, 0) is 11.0 Å². The third-order valence-corrected chi connectivity index (χ3v) is 10.8.